The third kappa shape index (κ3) is 5.48. The van der Waals surface area contributed by atoms with Crippen molar-refractivity contribution < 1.29 is 29.8 Å². The molecule has 1 aromatic carbocycles. The van der Waals surface area contributed by atoms with Crippen molar-refractivity contribution in [2.45, 2.75) is 110 Å². The molecule has 0 aromatic heterocycles. The van der Waals surface area contributed by atoms with Gasteiger partial charge in [-0.1, -0.05) is 66.0 Å². The summed E-state index contributed by atoms with van der Waals surface area (Å²) in [6, 6.07) is 4.00. The minimum atomic E-state index is -0.560. The summed E-state index contributed by atoms with van der Waals surface area (Å²) in [5, 5.41) is 19.9. The third-order valence-electron chi connectivity index (χ3n) is 6.76. The molecule has 1 N–H and O–H groups in total. The molecule has 1 spiro atoms. The van der Waals surface area contributed by atoms with E-state index < -0.39 is 11.0 Å². The standard InChI is InChI=1S/C25H38O6/c1-17-14-18(15-20(21(17)27)23(2,3)4)10-11-19(26)16-24(5,6)22-25(29-31-30-28-22)12-8-7-9-13-25/h14-15,22,27H,7-13,16H2,1-6H3. The molecular weight excluding hydrogens is 396 g/mol. The molecule has 1 unspecified atom stereocenters. The summed E-state index contributed by atoms with van der Waals surface area (Å²) in [4.78, 5) is 24.1. The van der Waals surface area contributed by atoms with Crippen LogP contribution < -0.4 is 0 Å². The summed E-state index contributed by atoms with van der Waals surface area (Å²) in [5.74, 6) is 0.521. The summed E-state index contributed by atoms with van der Waals surface area (Å²) < 4.78 is 0. The van der Waals surface area contributed by atoms with Crippen molar-refractivity contribution in [3.05, 3.63) is 28.8 Å². The number of phenols is 1. The lowest BCUT2D eigenvalue weighted by molar-refractivity contribution is -0.710. The second-order valence-electron chi connectivity index (χ2n) is 11.1. The normalized spacial score (nSPS) is 21.9. The van der Waals surface area contributed by atoms with Crippen LogP contribution in [0.5, 0.6) is 5.75 Å². The van der Waals surface area contributed by atoms with Gasteiger partial charge in [0.1, 0.15) is 23.2 Å². The Morgan fingerprint density at radius 2 is 1.77 bits per heavy atom. The first-order chi connectivity index (χ1) is 14.4. The van der Waals surface area contributed by atoms with Gasteiger partial charge in [0.2, 0.25) is 0 Å². The fourth-order valence-electron chi connectivity index (χ4n) is 5.15. The first kappa shape index (κ1) is 24.2. The summed E-state index contributed by atoms with van der Waals surface area (Å²) in [6.07, 6.45) is 6.01. The number of phenolic OH excluding ortho intramolecular Hbond substituents is 1. The van der Waals surface area contributed by atoms with Gasteiger partial charge in [0.25, 0.3) is 0 Å². The van der Waals surface area contributed by atoms with Crippen LogP contribution in [0, 0.1) is 12.3 Å². The maximum atomic E-state index is 13.0. The number of benzene rings is 1. The molecule has 6 heteroatoms. The van der Waals surface area contributed by atoms with Gasteiger partial charge in [-0.25, -0.2) is 0 Å². The predicted octanol–water partition coefficient (Wildman–Crippen LogP) is 5.81. The number of carbonyl (C=O) groups is 1. The first-order valence-electron chi connectivity index (χ1n) is 11.5. The summed E-state index contributed by atoms with van der Waals surface area (Å²) in [6.45, 7) is 12.2. The molecular formula is C25H38O6. The number of Topliss-reactive ketones (excluding diaryl/α,β-unsaturated/α-hetero) is 1. The molecule has 0 radical (unpaired) electrons. The molecule has 2 aliphatic rings. The molecule has 0 amide bonds. The van der Waals surface area contributed by atoms with E-state index in [1.54, 1.807) is 0 Å². The van der Waals surface area contributed by atoms with E-state index in [1.807, 2.05) is 32.9 Å². The summed E-state index contributed by atoms with van der Waals surface area (Å²) in [5.41, 5.74) is 1.66. The van der Waals surface area contributed by atoms with Gasteiger partial charge in [-0.2, -0.15) is 9.78 Å². The summed E-state index contributed by atoms with van der Waals surface area (Å²) >= 11 is 0. The van der Waals surface area contributed by atoms with Crippen molar-refractivity contribution in [2.24, 2.45) is 5.41 Å². The Morgan fingerprint density at radius 3 is 2.42 bits per heavy atom. The smallest absolute Gasteiger partial charge is 0.137 e. The van der Waals surface area contributed by atoms with Crippen LogP contribution in [0.3, 0.4) is 0 Å². The summed E-state index contributed by atoms with van der Waals surface area (Å²) in [7, 11) is 0. The van der Waals surface area contributed by atoms with E-state index in [9.17, 15) is 9.90 Å². The van der Waals surface area contributed by atoms with Crippen LogP contribution in [0.1, 0.15) is 96.3 Å². The first-order valence-corrected chi connectivity index (χ1v) is 11.5. The van der Waals surface area contributed by atoms with Crippen molar-refractivity contribution in [1.29, 1.82) is 0 Å². The van der Waals surface area contributed by atoms with Gasteiger partial charge in [-0.15, -0.1) is 0 Å². The maximum Gasteiger partial charge on any atom is 0.137 e. The molecule has 1 aliphatic heterocycles. The van der Waals surface area contributed by atoms with Crippen molar-refractivity contribution in [2.75, 3.05) is 0 Å². The van der Waals surface area contributed by atoms with E-state index in [1.165, 1.54) is 6.42 Å². The SMILES string of the molecule is Cc1cc(CCC(=O)CC(C)(C)C2OOOOC23CCCCC3)cc(C(C)(C)C)c1O. The molecule has 31 heavy (non-hydrogen) atoms. The van der Waals surface area contributed by atoms with E-state index in [0.717, 1.165) is 42.4 Å². The van der Waals surface area contributed by atoms with Gasteiger partial charge in [0.15, 0.2) is 0 Å². The maximum absolute atomic E-state index is 13.0. The fourth-order valence-corrected chi connectivity index (χ4v) is 5.15. The highest BCUT2D eigenvalue weighted by Crippen LogP contribution is 2.46. The van der Waals surface area contributed by atoms with Crippen LogP contribution in [-0.2, 0) is 36.5 Å². The highest BCUT2D eigenvalue weighted by molar-refractivity contribution is 5.79. The van der Waals surface area contributed by atoms with Gasteiger partial charge < -0.3 is 5.11 Å². The zero-order valence-corrected chi connectivity index (χ0v) is 19.9. The van der Waals surface area contributed by atoms with E-state index in [0.29, 0.717) is 25.0 Å². The molecule has 1 aliphatic carbocycles. The number of hydrogen-bond donors (Lipinski definition) is 1. The van der Waals surface area contributed by atoms with Crippen molar-refractivity contribution in [3.63, 3.8) is 0 Å². The molecule has 1 saturated carbocycles. The topological polar surface area (TPSA) is 74.2 Å². The van der Waals surface area contributed by atoms with Crippen molar-refractivity contribution >= 4 is 5.78 Å². The predicted molar refractivity (Wildman–Crippen MR) is 117 cm³/mol. The van der Waals surface area contributed by atoms with Gasteiger partial charge in [0, 0.05) is 18.3 Å². The van der Waals surface area contributed by atoms with Crippen molar-refractivity contribution in [1.82, 2.24) is 0 Å². The molecule has 174 valence electrons. The number of hydrogen-bond acceptors (Lipinski definition) is 6. The minimum absolute atomic E-state index is 0.161. The monoisotopic (exact) mass is 434 g/mol. The van der Waals surface area contributed by atoms with Crippen LogP contribution in [-0.4, -0.2) is 22.6 Å². The Kier molecular flexibility index (Phi) is 7.16. The Hall–Kier alpha value is -1.47. The second kappa shape index (κ2) is 9.18. The molecule has 3 rings (SSSR count). The Labute approximate surface area is 186 Å². The molecule has 1 atom stereocenters. The van der Waals surface area contributed by atoms with Crippen LogP contribution in [0.25, 0.3) is 0 Å². The number of aromatic hydroxyl groups is 1. The number of carbonyl (C=O) groups excluding carboxylic acids is 1. The molecule has 2 fully saturated rings. The number of aryl methyl sites for hydroxylation is 2. The fraction of sp³-hybridized carbons (Fsp3) is 0.720. The van der Waals surface area contributed by atoms with Gasteiger partial charge in [-0.05, 0) is 58.4 Å². The molecule has 0 bridgehead atoms. The van der Waals surface area contributed by atoms with Gasteiger partial charge in [-0.3, -0.25) is 4.79 Å². The Bertz CT molecular complexity index is 778. The van der Waals surface area contributed by atoms with Gasteiger partial charge in [0.05, 0.1) is 0 Å². The van der Waals surface area contributed by atoms with Gasteiger partial charge >= 0.3 is 0 Å². The minimum Gasteiger partial charge on any atom is -0.507 e. The number of rotatable bonds is 6. The lowest BCUT2D eigenvalue weighted by Gasteiger charge is -2.48. The van der Waals surface area contributed by atoms with Crippen LogP contribution in [0.4, 0.5) is 0 Å². The largest absolute Gasteiger partial charge is 0.507 e. The Balaban J connectivity index is 1.67. The molecule has 1 heterocycles. The second-order valence-corrected chi connectivity index (χ2v) is 11.1. The lowest BCUT2D eigenvalue weighted by Crippen LogP contribution is -2.57. The zero-order chi connectivity index (χ0) is 22.9. The van der Waals surface area contributed by atoms with E-state index in [-0.39, 0.29) is 17.3 Å². The average Bonchev–Trinajstić information content (AvgIpc) is 2.68. The Morgan fingerprint density at radius 1 is 1.10 bits per heavy atom. The van der Waals surface area contributed by atoms with Crippen LogP contribution in [0.2, 0.25) is 0 Å². The third-order valence-corrected chi connectivity index (χ3v) is 6.76. The quantitative estimate of drug-likeness (QED) is 0.569. The van der Waals surface area contributed by atoms with Crippen molar-refractivity contribution in [3.8, 4) is 5.75 Å². The lowest BCUT2D eigenvalue weighted by atomic mass is 9.68. The van der Waals surface area contributed by atoms with Crippen LogP contribution >= 0.6 is 0 Å². The zero-order valence-electron chi connectivity index (χ0n) is 19.9. The molecule has 6 nitrogen and oxygen atoms in total. The molecule has 1 saturated heterocycles. The van der Waals surface area contributed by atoms with E-state index >= 15 is 0 Å². The molecule has 1 aromatic rings. The van der Waals surface area contributed by atoms with E-state index in [4.69, 9.17) is 19.9 Å². The van der Waals surface area contributed by atoms with Crippen LogP contribution in [0.15, 0.2) is 12.1 Å². The number of ketones is 1. The highest BCUT2D eigenvalue weighted by Gasteiger charge is 2.54. The average molecular weight is 435 g/mol. The highest BCUT2D eigenvalue weighted by atomic mass is 17.7. The van der Waals surface area contributed by atoms with E-state index in [2.05, 4.69) is 20.8 Å².